The van der Waals surface area contributed by atoms with Gasteiger partial charge in [0.05, 0.1) is 12.2 Å². The summed E-state index contributed by atoms with van der Waals surface area (Å²) in [4.78, 5) is 17.8. The molecule has 1 amide bonds. The number of carbonyl (C=O) groups is 1. The number of nitrogens with zero attached hydrogens (tertiary/aromatic N) is 2. The smallest absolute Gasteiger partial charge is 0.248 e. The second-order valence-corrected chi connectivity index (χ2v) is 6.34. The summed E-state index contributed by atoms with van der Waals surface area (Å²) in [7, 11) is 3.25. The Morgan fingerprint density at radius 2 is 2.13 bits per heavy atom. The van der Waals surface area contributed by atoms with Crippen molar-refractivity contribution in [2.24, 2.45) is 0 Å². The van der Waals surface area contributed by atoms with Gasteiger partial charge in [-0.25, -0.2) is 4.98 Å². The largest absolute Gasteiger partial charge is 0.486 e. The normalized spacial score (nSPS) is 10.6. The first-order valence-corrected chi connectivity index (χ1v) is 8.24. The van der Waals surface area contributed by atoms with Crippen molar-refractivity contribution in [3.05, 3.63) is 45.4 Å². The number of aromatic nitrogens is 1. The van der Waals surface area contributed by atoms with E-state index in [4.69, 9.17) is 9.47 Å². The SMILES string of the molecule is COCC(=O)N(C)Cc1csc(COc2cccc(C)c2C)n1. The van der Waals surface area contributed by atoms with Gasteiger partial charge in [-0.05, 0) is 31.0 Å². The lowest BCUT2D eigenvalue weighted by Gasteiger charge is -2.14. The van der Waals surface area contributed by atoms with E-state index in [1.807, 2.05) is 24.4 Å². The van der Waals surface area contributed by atoms with Crippen LogP contribution in [0.15, 0.2) is 23.6 Å². The fourth-order valence-electron chi connectivity index (χ4n) is 2.07. The summed E-state index contributed by atoms with van der Waals surface area (Å²) >= 11 is 1.54. The first kappa shape index (κ1) is 17.4. The van der Waals surface area contributed by atoms with Crippen LogP contribution in [0.2, 0.25) is 0 Å². The van der Waals surface area contributed by atoms with E-state index in [0.29, 0.717) is 13.2 Å². The van der Waals surface area contributed by atoms with Gasteiger partial charge in [-0.3, -0.25) is 4.79 Å². The standard InChI is InChI=1S/C17H22N2O3S/c1-12-6-5-7-15(13(12)2)22-9-16-18-14(11-23-16)8-19(3)17(20)10-21-4/h5-7,11H,8-10H2,1-4H3. The lowest BCUT2D eigenvalue weighted by atomic mass is 10.1. The molecule has 124 valence electrons. The maximum Gasteiger partial charge on any atom is 0.248 e. The van der Waals surface area contributed by atoms with E-state index in [0.717, 1.165) is 22.0 Å². The number of aryl methyl sites for hydroxylation is 1. The summed E-state index contributed by atoms with van der Waals surface area (Å²) in [6.45, 7) is 5.11. The number of methoxy groups -OCH3 is 1. The van der Waals surface area contributed by atoms with Gasteiger partial charge in [-0.2, -0.15) is 0 Å². The number of rotatable bonds is 7. The van der Waals surface area contributed by atoms with Gasteiger partial charge in [-0.1, -0.05) is 12.1 Å². The number of carbonyl (C=O) groups excluding carboxylic acids is 1. The lowest BCUT2D eigenvalue weighted by molar-refractivity contribution is -0.134. The molecule has 0 unspecified atom stereocenters. The third-order valence-electron chi connectivity index (χ3n) is 3.60. The third kappa shape index (κ3) is 4.77. The molecular weight excluding hydrogens is 312 g/mol. The second kappa shape index (κ2) is 8.08. The fourth-order valence-corrected chi connectivity index (χ4v) is 2.77. The van der Waals surface area contributed by atoms with Crippen molar-refractivity contribution in [1.82, 2.24) is 9.88 Å². The van der Waals surface area contributed by atoms with Crippen LogP contribution >= 0.6 is 11.3 Å². The number of amides is 1. The highest BCUT2D eigenvalue weighted by atomic mass is 32.1. The Balaban J connectivity index is 1.92. The number of hydrogen-bond donors (Lipinski definition) is 0. The summed E-state index contributed by atoms with van der Waals surface area (Å²) in [6, 6.07) is 6.02. The van der Waals surface area contributed by atoms with Crippen molar-refractivity contribution in [3.63, 3.8) is 0 Å². The topological polar surface area (TPSA) is 51.7 Å². The molecule has 0 aliphatic rings. The number of ether oxygens (including phenoxy) is 2. The van der Waals surface area contributed by atoms with E-state index >= 15 is 0 Å². The van der Waals surface area contributed by atoms with E-state index in [1.54, 1.807) is 23.3 Å². The van der Waals surface area contributed by atoms with Crippen LogP contribution < -0.4 is 4.74 Å². The molecule has 0 aliphatic heterocycles. The summed E-state index contributed by atoms with van der Waals surface area (Å²) in [5.74, 6) is 0.822. The Kier molecular flexibility index (Phi) is 6.12. The molecule has 0 fully saturated rings. The van der Waals surface area contributed by atoms with Crippen LogP contribution in [0.4, 0.5) is 0 Å². The van der Waals surface area contributed by atoms with Crippen molar-refractivity contribution in [2.75, 3.05) is 20.8 Å². The highest BCUT2D eigenvalue weighted by Crippen LogP contribution is 2.22. The molecule has 0 bridgehead atoms. The maximum absolute atomic E-state index is 11.7. The first-order chi connectivity index (χ1) is 11.0. The predicted molar refractivity (Wildman–Crippen MR) is 90.7 cm³/mol. The summed E-state index contributed by atoms with van der Waals surface area (Å²) < 4.78 is 10.7. The van der Waals surface area contributed by atoms with Crippen LogP contribution in [0.3, 0.4) is 0 Å². The van der Waals surface area contributed by atoms with Crippen LogP contribution in [0, 0.1) is 13.8 Å². The Bertz CT molecular complexity index is 670. The number of thiazole rings is 1. The minimum absolute atomic E-state index is 0.0614. The highest BCUT2D eigenvalue weighted by Gasteiger charge is 2.11. The average molecular weight is 334 g/mol. The van der Waals surface area contributed by atoms with E-state index in [9.17, 15) is 4.79 Å². The molecule has 0 saturated carbocycles. The first-order valence-electron chi connectivity index (χ1n) is 7.36. The zero-order valence-corrected chi connectivity index (χ0v) is 14.8. The molecule has 0 N–H and O–H groups in total. The van der Waals surface area contributed by atoms with Crippen LogP contribution in [-0.2, 0) is 22.7 Å². The quantitative estimate of drug-likeness (QED) is 0.781. The molecule has 0 radical (unpaired) electrons. The van der Waals surface area contributed by atoms with Gasteiger partial charge in [-0.15, -0.1) is 11.3 Å². The van der Waals surface area contributed by atoms with Gasteiger partial charge in [0.15, 0.2) is 0 Å². The molecule has 1 aromatic heterocycles. The zero-order chi connectivity index (χ0) is 16.8. The monoisotopic (exact) mass is 334 g/mol. The van der Waals surface area contributed by atoms with Crippen molar-refractivity contribution in [2.45, 2.75) is 27.0 Å². The lowest BCUT2D eigenvalue weighted by Crippen LogP contribution is -2.29. The third-order valence-corrected chi connectivity index (χ3v) is 4.47. The van der Waals surface area contributed by atoms with Crippen LogP contribution in [0.5, 0.6) is 5.75 Å². The van der Waals surface area contributed by atoms with Crippen molar-refractivity contribution in [3.8, 4) is 5.75 Å². The van der Waals surface area contributed by atoms with Gasteiger partial charge >= 0.3 is 0 Å². The van der Waals surface area contributed by atoms with E-state index in [1.165, 1.54) is 12.7 Å². The maximum atomic E-state index is 11.7. The molecule has 0 spiro atoms. The van der Waals surface area contributed by atoms with E-state index in [-0.39, 0.29) is 12.5 Å². The Morgan fingerprint density at radius 3 is 2.87 bits per heavy atom. The molecule has 1 aromatic carbocycles. The molecule has 1 heterocycles. The summed E-state index contributed by atoms with van der Waals surface area (Å²) in [5.41, 5.74) is 3.22. The summed E-state index contributed by atoms with van der Waals surface area (Å²) in [5, 5.41) is 2.85. The van der Waals surface area contributed by atoms with Gasteiger partial charge in [0.1, 0.15) is 24.0 Å². The molecule has 23 heavy (non-hydrogen) atoms. The zero-order valence-electron chi connectivity index (χ0n) is 14.0. The number of benzene rings is 1. The number of likely N-dealkylation sites (N-methyl/N-ethyl adjacent to an activating group) is 1. The summed E-state index contributed by atoms with van der Waals surface area (Å²) in [6.07, 6.45) is 0. The average Bonchev–Trinajstić information content (AvgIpc) is 2.96. The highest BCUT2D eigenvalue weighted by molar-refractivity contribution is 7.09. The predicted octanol–water partition coefficient (Wildman–Crippen LogP) is 2.94. The molecule has 5 nitrogen and oxygen atoms in total. The number of hydrogen-bond acceptors (Lipinski definition) is 5. The molecule has 2 rings (SSSR count). The molecule has 2 aromatic rings. The van der Waals surface area contributed by atoms with Crippen LogP contribution in [0.1, 0.15) is 21.8 Å². The van der Waals surface area contributed by atoms with Crippen LogP contribution in [-0.4, -0.2) is 36.6 Å². The van der Waals surface area contributed by atoms with Crippen LogP contribution in [0.25, 0.3) is 0 Å². The fraction of sp³-hybridized carbons (Fsp3) is 0.412. The minimum atomic E-state index is -0.0614. The second-order valence-electron chi connectivity index (χ2n) is 5.40. The minimum Gasteiger partial charge on any atom is -0.486 e. The van der Waals surface area contributed by atoms with Gasteiger partial charge in [0, 0.05) is 19.5 Å². The van der Waals surface area contributed by atoms with Gasteiger partial charge < -0.3 is 14.4 Å². The Labute approximate surface area is 140 Å². The van der Waals surface area contributed by atoms with Gasteiger partial charge in [0.2, 0.25) is 5.91 Å². The molecule has 0 saturated heterocycles. The van der Waals surface area contributed by atoms with E-state index in [2.05, 4.69) is 18.0 Å². The Morgan fingerprint density at radius 1 is 1.35 bits per heavy atom. The molecule has 0 atom stereocenters. The molecular formula is C17H22N2O3S. The molecule has 6 heteroatoms. The molecule has 0 aliphatic carbocycles. The van der Waals surface area contributed by atoms with Crippen molar-refractivity contribution < 1.29 is 14.3 Å². The van der Waals surface area contributed by atoms with Gasteiger partial charge in [0.25, 0.3) is 0 Å². The van der Waals surface area contributed by atoms with Crippen molar-refractivity contribution >= 4 is 17.2 Å². The van der Waals surface area contributed by atoms with Crippen molar-refractivity contribution in [1.29, 1.82) is 0 Å². The Hall–Kier alpha value is -1.92. The van der Waals surface area contributed by atoms with E-state index < -0.39 is 0 Å².